The first-order valence-electron chi connectivity index (χ1n) is 9.58. The van der Waals surface area contributed by atoms with Crippen LogP contribution in [0.2, 0.25) is 0 Å². The number of aryl methyl sites for hydroxylation is 1. The van der Waals surface area contributed by atoms with Gasteiger partial charge in [0, 0.05) is 28.5 Å². The molecule has 1 aromatic heterocycles. The van der Waals surface area contributed by atoms with Crippen LogP contribution in [0.1, 0.15) is 15.9 Å². The molecule has 162 valence electrons. The first-order chi connectivity index (χ1) is 15.4. The summed E-state index contributed by atoms with van der Waals surface area (Å²) in [7, 11) is 1.48. The zero-order valence-electron chi connectivity index (χ0n) is 17.2. The second-order valence-corrected chi connectivity index (χ2v) is 7.03. The van der Waals surface area contributed by atoms with Gasteiger partial charge in [0.2, 0.25) is 0 Å². The van der Waals surface area contributed by atoms with Gasteiger partial charge in [-0.1, -0.05) is 24.3 Å². The molecule has 0 bridgehead atoms. The van der Waals surface area contributed by atoms with E-state index in [0.717, 1.165) is 16.8 Å². The molecule has 9 heteroatoms. The Morgan fingerprint density at radius 3 is 2.59 bits per heavy atom. The summed E-state index contributed by atoms with van der Waals surface area (Å²) in [5, 5.41) is 15.4. The van der Waals surface area contributed by atoms with Crippen molar-refractivity contribution in [3.05, 3.63) is 75.8 Å². The molecule has 4 aromatic rings. The molecule has 3 aromatic carbocycles. The summed E-state index contributed by atoms with van der Waals surface area (Å²) >= 11 is 0. The predicted octanol–water partition coefficient (Wildman–Crippen LogP) is 4.61. The molecular weight excluding hydrogens is 416 g/mol. The molecule has 1 amide bonds. The van der Waals surface area contributed by atoms with Crippen LogP contribution < -0.4 is 10.1 Å². The normalized spacial score (nSPS) is 10.8. The number of carbonyl (C=O) groups is 2. The van der Waals surface area contributed by atoms with Crippen LogP contribution in [0.3, 0.4) is 0 Å². The van der Waals surface area contributed by atoms with Gasteiger partial charge in [0.25, 0.3) is 11.6 Å². The number of nitrogens with zero attached hydrogens (tertiary/aromatic N) is 1. The lowest BCUT2D eigenvalue weighted by molar-refractivity contribution is -0.385. The Bertz CT molecular complexity index is 1370. The van der Waals surface area contributed by atoms with E-state index < -0.39 is 23.4 Å². The minimum Gasteiger partial charge on any atom is -0.495 e. The number of carbonyl (C=O) groups excluding carboxylic acids is 2. The summed E-state index contributed by atoms with van der Waals surface area (Å²) in [6.45, 7) is 0.981. The Kier molecular flexibility index (Phi) is 5.46. The second-order valence-electron chi connectivity index (χ2n) is 7.03. The van der Waals surface area contributed by atoms with Crippen molar-refractivity contribution < 1.29 is 28.4 Å². The van der Waals surface area contributed by atoms with Crippen LogP contribution in [-0.2, 0) is 9.53 Å². The van der Waals surface area contributed by atoms with E-state index >= 15 is 0 Å². The molecule has 0 aliphatic carbocycles. The lowest BCUT2D eigenvalue weighted by Gasteiger charge is -2.11. The predicted molar refractivity (Wildman–Crippen MR) is 117 cm³/mol. The molecule has 1 heterocycles. The number of hydrogen-bond donors (Lipinski definition) is 1. The van der Waals surface area contributed by atoms with Gasteiger partial charge in [-0.25, -0.2) is 4.79 Å². The number of benzene rings is 3. The fraction of sp³-hybridized carbons (Fsp3) is 0.130. The zero-order chi connectivity index (χ0) is 22.8. The number of amides is 1. The molecule has 0 atom stereocenters. The molecule has 1 N–H and O–H groups in total. The van der Waals surface area contributed by atoms with E-state index in [1.807, 2.05) is 24.3 Å². The summed E-state index contributed by atoms with van der Waals surface area (Å²) in [6, 6.07) is 14.9. The van der Waals surface area contributed by atoms with Crippen LogP contribution in [0, 0.1) is 17.0 Å². The molecule has 0 aliphatic heterocycles. The third-order valence-corrected chi connectivity index (χ3v) is 4.95. The molecule has 0 fully saturated rings. The van der Waals surface area contributed by atoms with Crippen molar-refractivity contribution in [3.63, 3.8) is 0 Å². The highest BCUT2D eigenvalue weighted by molar-refractivity contribution is 6.08. The van der Waals surface area contributed by atoms with Crippen LogP contribution in [0.5, 0.6) is 5.75 Å². The number of nitrogens with one attached hydrogen (secondary N) is 1. The fourth-order valence-electron chi connectivity index (χ4n) is 3.35. The van der Waals surface area contributed by atoms with Crippen molar-refractivity contribution in [2.45, 2.75) is 6.92 Å². The van der Waals surface area contributed by atoms with Crippen molar-refractivity contribution in [1.29, 1.82) is 0 Å². The second kappa shape index (κ2) is 8.38. The van der Waals surface area contributed by atoms with Crippen molar-refractivity contribution in [3.8, 4) is 5.75 Å². The molecular formula is C23H18N2O7. The van der Waals surface area contributed by atoms with E-state index in [2.05, 4.69) is 5.32 Å². The first kappa shape index (κ1) is 20.9. The lowest BCUT2D eigenvalue weighted by Crippen LogP contribution is -2.21. The van der Waals surface area contributed by atoms with Gasteiger partial charge in [-0.2, -0.15) is 0 Å². The average Bonchev–Trinajstić information content (AvgIpc) is 3.14. The highest BCUT2D eigenvalue weighted by Gasteiger charge is 2.18. The highest BCUT2D eigenvalue weighted by atomic mass is 16.6. The molecule has 0 unspecified atom stereocenters. The number of fused-ring (bicyclic) bond motifs is 3. The number of ether oxygens (including phenoxy) is 2. The number of methoxy groups -OCH3 is 1. The SMILES string of the molecule is COc1cc2c(cc1NC(=O)COC(=O)c1ccc(C)c([N+](=O)[O-])c1)oc1ccccc12. The molecule has 4 rings (SSSR count). The molecule has 0 aliphatic rings. The number of esters is 1. The molecule has 32 heavy (non-hydrogen) atoms. The molecule has 9 nitrogen and oxygen atoms in total. The number of para-hydroxylation sites is 1. The van der Waals surface area contributed by atoms with E-state index in [1.54, 1.807) is 19.1 Å². The van der Waals surface area contributed by atoms with Crippen LogP contribution >= 0.6 is 0 Å². The van der Waals surface area contributed by atoms with E-state index in [4.69, 9.17) is 13.9 Å². The van der Waals surface area contributed by atoms with Crippen LogP contribution in [0.4, 0.5) is 11.4 Å². The van der Waals surface area contributed by atoms with E-state index in [9.17, 15) is 19.7 Å². The van der Waals surface area contributed by atoms with E-state index in [0.29, 0.717) is 28.2 Å². The summed E-state index contributed by atoms with van der Waals surface area (Å²) in [6.07, 6.45) is 0. The molecule has 0 saturated carbocycles. The third kappa shape index (κ3) is 3.95. The number of furan rings is 1. The summed E-state index contributed by atoms with van der Waals surface area (Å²) < 4.78 is 16.2. The fourth-order valence-corrected chi connectivity index (χ4v) is 3.35. The molecule has 0 radical (unpaired) electrons. The number of nitro benzene ring substituents is 1. The topological polar surface area (TPSA) is 121 Å². The van der Waals surface area contributed by atoms with Gasteiger partial charge >= 0.3 is 5.97 Å². The van der Waals surface area contributed by atoms with Crippen LogP contribution in [0.25, 0.3) is 21.9 Å². The Labute approximate surface area is 181 Å². The maximum absolute atomic E-state index is 12.4. The maximum atomic E-state index is 12.4. The zero-order valence-corrected chi connectivity index (χ0v) is 17.2. The van der Waals surface area contributed by atoms with Gasteiger partial charge in [-0.15, -0.1) is 0 Å². The lowest BCUT2D eigenvalue weighted by atomic mass is 10.1. The van der Waals surface area contributed by atoms with E-state index in [1.165, 1.54) is 19.2 Å². The monoisotopic (exact) mass is 434 g/mol. The highest BCUT2D eigenvalue weighted by Crippen LogP contribution is 2.36. The number of anilines is 1. The number of rotatable bonds is 6. The summed E-state index contributed by atoms with van der Waals surface area (Å²) in [5.41, 5.74) is 1.81. The Morgan fingerprint density at radius 1 is 1.06 bits per heavy atom. The van der Waals surface area contributed by atoms with E-state index in [-0.39, 0.29) is 11.3 Å². The quantitative estimate of drug-likeness (QED) is 0.267. The smallest absolute Gasteiger partial charge is 0.338 e. The average molecular weight is 434 g/mol. The molecule has 0 saturated heterocycles. The van der Waals surface area contributed by atoms with Gasteiger partial charge < -0.3 is 19.2 Å². The minimum atomic E-state index is -0.844. The van der Waals surface area contributed by atoms with Crippen molar-refractivity contribution in [2.75, 3.05) is 19.0 Å². The number of hydrogen-bond acceptors (Lipinski definition) is 7. The Hall–Kier alpha value is -4.40. The standard InChI is InChI=1S/C23H18N2O7/c1-13-7-8-14(9-18(13)25(28)29)23(27)31-12-22(26)24-17-11-20-16(10-21(17)30-2)15-5-3-4-6-19(15)32-20/h3-11H,12H2,1-2H3,(H,24,26). The maximum Gasteiger partial charge on any atom is 0.338 e. The van der Waals surface area contributed by atoms with Crippen LogP contribution in [-0.4, -0.2) is 30.5 Å². The van der Waals surface area contributed by atoms with Gasteiger partial charge in [0.05, 0.1) is 23.3 Å². The van der Waals surface area contributed by atoms with Crippen molar-refractivity contribution in [2.24, 2.45) is 0 Å². The van der Waals surface area contributed by atoms with Crippen molar-refractivity contribution >= 4 is 45.2 Å². The third-order valence-electron chi connectivity index (χ3n) is 4.95. The first-order valence-corrected chi connectivity index (χ1v) is 9.58. The summed E-state index contributed by atoms with van der Waals surface area (Å²) in [4.78, 5) is 35.1. The Balaban J connectivity index is 1.49. The number of nitro groups is 1. The van der Waals surface area contributed by atoms with Gasteiger partial charge in [-0.3, -0.25) is 14.9 Å². The van der Waals surface area contributed by atoms with Gasteiger partial charge in [0.1, 0.15) is 16.9 Å². The minimum absolute atomic E-state index is 0.0172. The summed E-state index contributed by atoms with van der Waals surface area (Å²) in [5.74, 6) is -1.03. The molecule has 0 spiro atoms. The van der Waals surface area contributed by atoms with Gasteiger partial charge in [0.15, 0.2) is 6.61 Å². The van der Waals surface area contributed by atoms with Crippen molar-refractivity contribution in [1.82, 2.24) is 0 Å². The Morgan fingerprint density at radius 2 is 1.84 bits per heavy atom. The van der Waals surface area contributed by atoms with Gasteiger partial charge in [-0.05, 0) is 25.1 Å². The van der Waals surface area contributed by atoms with Crippen LogP contribution in [0.15, 0.2) is 59.0 Å². The largest absolute Gasteiger partial charge is 0.495 e.